The Bertz CT molecular complexity index is 532. The van der Waals surface area contributed by atoms with Crippen molar-refractivity contribution in [3.05, 3.63) is 47.5 Å². The molecule has 1 aromatic heterocycles. The molecule has 94 valence electrons. The molecule has 0 saturated carbocycles. The Labute approximate surface area is 109 Å². The lowest BCUT2D eigenvalue weighted by Gasteiger charge is -2.09. The summed E-state index contributed by atoms with van der Waals surface area (Å²) in [6.45, 7) is 7.36. The van der Waals surface area contributed by atoms with E-state index in [1.807, 2.05) is 6.07 Å². The van der Waals surface area contributed by atoms with Crippen molar-refractivity contribution in [2.75, 3.05) is 11.9 Å². The first-order valence-electron chi connectivity index (χ1n) is 6.49. The first kappa shape index (κ1) is 12.6. The Balaban J connectivity index is 2.35. The maximum Gasteiger partial charge on any atom is 0.126 e. The van der Waals surface area contributed by atoms with Crippen molar-refractivity contribution in [1.82, 2.24) is 4.98 Å². The SMILES string of the molecule is CCCNc1cccc(-c2cc(C)ccc2C)n1. The molecule has 0 amide bonds. The average molecular weight is 240 g/mol. The van der Waals surface area contributed by atoms with Crippen molar-refractivity contribution in [3.63, 3.8) is 0 Å². The van der Waals surface area contributed by atoms with Crippen LogP contribution in [0.1, 0.15) is 24.5 Å². The summed E-state index contributed by atoms with van der Waals surface area (Å²) in [6, 6.07) is 12.6. The fourth-order valence-corrected chi connectivity index (χ4v) is 1.95. The van der Waals surface area contributed by atoms with Crippen molar-refractivity contribution in [2.24, 2.45) is 0 Å². The summed E-state index contributed by atoms with van der Waals surface area (Å²) < 4.78 is 0. The third kappa shape index (κ3) is 2.89. The molecule has 1 aromatic carbocycles. The summed E-state index contributed by atoms with van der Waals surface area (Å²) in [5, 5.41) is 3.33. The van der Waals surface area contributed by atoms with Crippen LogP contribution in [0.4, 0.5) is 5.82 Å². The maximum atomic E-state index is 4.67. The third-order valence-electron chi connectivity index (χ3n) is 2.97. The molecule has 0 radical (unpaired) electrons. The van der Waals surface area contributed by atoms with E-state index in [4.69, 9.17) is 0 Å². The summed E-state index contributed by atoms with van der Waals surface area (Å²) in [5.41, 5.74) is 4.79. The number of hydrogen-bond donors (Lipinski definition) is 1. The zero-order chi connectivity index (χ0) is 13.0. The molecule has 1 heterocycles. The molecule has 0 aliphatic heterocycles. The first-order chi connectivity index (χ1) is 8.70. The number of nitrogens with one attached hydrogen (secondary N) is 1. The summed E-state index contributed by atoms with van der Waals surface area (Å²) >= 11 is 0. The molecule has 0 bridgehead atoms. The lowest BCUT2D eigenvalue weighted by Crippen LogP contribution is -2.02. The summed E-state index contributed by atoms with van der Waals surface area (Å²) in [5.74, 6) is 0.954. The summed E-state index contributed by atoms with van der Waals surface area (Å²) in [6.07, 6.45) is 1.11. The molecule has 0 fully saturated rings. The smallest absolute Gasteiger partial charge is 0.126 e. The van der Waals surface area contributed by atoms with Crippen LogP contribution in [0.2, 0.25) is 0 Å². The minimum absolute atomic E-state index is 0.954. The van der Waals surface area contributed by atoms with Gasteiger partial charge in [-0.15, -0.1) is 0 Å². The van der Waals surface area contributed by atoms with Gasteiger partial charge in [-0.1, -0.05) is 30.7 Å². The molecule has 2 aromatic rings. The van der Waals surface area contributed by atoms with Crippen LogP contribution < -0.4 is 5.32 Å². The van der Waals surface area contributed by atoms with Gasteiger partial charge in [0.05, 0.1) is 5.69 Å². The van der Waals surface area contributed by atoms with E-state index in [-0.39, 0.29) is 0 Å². The molecule has 0 saturated heterocycles. The van der Waals surface area contributed by atoms with E-state index < -0.39 is 0 Å². The zero-order valence-electron chi connectivity index (χ0n) is 11.3. The Kier molecular flexibility index (Phi) is 3.98. The van der Waals surface area contributed by atoms with Gasteiger partial charge in [0, 0.05) is 12.1 Å². The third-order valence-corrected chi connectivity index (χ3v) is 2.97. The predicted molar refractivity (Wildman–Crippen MR) is 77.9 cm³/mol. The fraction of sp³-hybridized carbons (Fsp3) is 0.312. The quantitative estimate of drug-likeness (QED) is 0.866. The average Bonchev–Trinajstić information content (AvgIpc) is 2.39. The van der Waals surface area contributed by atoms with Gasteiger partial charge >= 0.3 is 0 Å². The molecule has 18 heavy (non-hydrogen) atoms. The largest absolute Gasteiger partial charge is 0.370 e. The number of pyridine rings is 1. The van der Waals surface area contributed by atoms with Crippen LogP contribution in [0, 0.1) is 13.8 Å². The molecule has 2 heteroatoms. The van der Waals surface area contributed by atoms with Crippen LogP contribution in [-0.4, -0.2) is 11.5 Å². The predicted octanol–water partition coefficient (Wildman–Crippen LogP) is 4.19. The van der Waals surface area contributed by atoms with Crippen molar-refractivity contribution < 1.29 is 0 Å². The number of rotatable bonds is 4. The van der Waals surface area contributed by atoms with Gasteiger partial charge in [-0.2, -0.15) is 0 Å². The number of benzene rings is 1. The topological polar surface area (TPSA) is 24.9 Å². The highest BCUT2D eigenvalue weighted by molar-refractivity contribution is 5.65. The highest BCUT2D eigenvalue weighted by atomic mass is 15.0. The van der Waals surface area contributed by atoms with Crippen LogP contribution in [0.15, 0.2) is 36.4 Å². The highest BCUT2D eigenvalue weighted by Crippen LogP contribution is 2.23. The van der Waals surface area contributed by atoms with Gasteiger partial charge in [-0.25, -0.2) is 4.98 Å². The van der Waals surface area contributed by atoms with E-state index in [1.54, 1.807) is 0 Å². The molecule has 0 aliphatic rings. The number of aromatic nitrogens is 1. The standard InChI is InChI=1S/C16H20N2/c1-4-10-17-16-7-5-6-15(18-16)14-11-12(2)8-9-13(14)3/h5-9,11H,4,10H2,1-3H3,(H,17,18). The molecule has 0 spiro atoms. The second-order valence-electron chi connectivity index (χ2n) is 4.65. The van der Waals surface area contributed by atoms with E-state index in [0.717, 1.165) is 24.5 Å². The van der Waals surface area contributed by atoms with E-state index in [1.165, 1.54) is 16.7 Å². The van der Waals surface area contributed by atoms with Crippen LogP contribution in [0.5, 0.6) is 0 Å². The van der Waals surface area contributed by atoms with Crippen molar-refractivity contribution in [1.29, 1.82) is 0 Å². The Morgan fingerprint density at radius 3 is 2.72 bits per heavy atom. The molecule has 0 unspecified atom stereocenters. The van der Waals surface area contributed by atoms with Gasteiger partial charge < -0.3 is 5.32 Å². The molecule has 1 N–H and O–H groups in total. The van der Waals surface area contributed by atoms with E-state index >= 15 is 0 Å². The van der Waals surface area contributed by atoms with Gasteiger partial charge in [0.15, 0.2) is 0 Å². The van der Waals surface area contributed by atoms with Gasteiger partial charge in [-0.05, 0) is 44.0 Å². The van der Waals surface area contributed by atoms with E-state index in [2.05, 4.69) is 61.4 Å². The zero-order valence-corrected chi connectivity index (χ0v) is 11.3. The normalized spacial score (nSPS) is 10.4. The van der Waals surface area contributed by atoms with Crippen molar-refractivity contribution in [3.8, 4) is 11.3 Å². The van der Waals surface area contributed by atoms with Crippen LogP contribution in [-0.2, 0) is 0 Å². The summed E-state index contributed by atoms with van der Waals surface area (Å²) in [7, 11) is 0. The van der Waals surface area contributed by atoms with Gasteiger partial charge in [0.25, 0.3) is 0 Å². The Morgan fingerprint density at radius 1 is 1.11 bits per heavy atom. The van der Waals surface area contributed by atoms with Crippen LogP contribution in [0.25, 0.3) is 11.3 Å². The van der Waals surface area contributed by atoms with Gasteiger partial charge in [0.2, 0.25) is 0 Å². The first-order valence-corrected chi connectivity index (χ1v) is 6.49. The molecule has 0 atom stereocenters. The minimum atomic E-state index is 0.954. The van der Waals surface area contributed by atoms with Gasteiger partial charge in [-0.3, -0.25) is 0 Å². The number of hydrogen-bond acceptors (Lipinski definition) is 2. The highest BCUT2D eigenvalue weighted by Gasteiger charge is 2.04. The molecule has 0 aliphatic carbocycles. The van der Waals surface area contributed by atoms with E-state index in [0.29, 0.717) is 0 Å². The second kappa shape index (κ2) is 5.67. The lowest BCUT2D eigenvalue weighted by molar-refractivity contribution is 0.970. The summed E-state index contributed by atoms with van der Waals surface area (Å²) in [4.78, 5) is 4.67. The number of nitrogens with zero attached hydrogens (tertiary/aromatic N) is 1. The number of aryl methyl sites for hydroxylation is 2. The molecular weight excluding hydrogens is 220 g/mol. The van der Waals surface area contributed by atoms with Crippen molar-refractivity contribution >= 4 is 5.82 Å². The lowest BCUT2D eigenvalue weighted by atomic mass is 10.0. The number of anilines is 1. The fourth-order valence-electron chi connectivity index (χ4n) is 1.95. The van der Waals surface area contributed by atoms with Crippen LogP contribution in [0.3, 0.4) is 0 Å². The molecular formula is C16H20N2. The molecule has 2 nitrogen and oxygen atoms in total. The van der Waals surface area contributed by atoms with Gasteiger partial charge in [0.1, 0.15) is 5.82 Å². The monoisotopic (exact) mass is 240 g/mol. The maximum absolute atomic E-state index is 4.67. The van der Waals surface area contributed by atoms with E-state index in [9.17, 15) is 0 Å². The minimum Gasteiger partial charge on any atom is -0.370 e. The Hall–Kier alpha value is -1.83. The molecule has 2 rings (SSSR count). The second-order valence-corrected chi connectivity index (χ2v) is 4.65. The van der Waals surface area contributed by atoms with Crippen molar-refractivity contribution in [2.45, 2.75) is 27.2 Å². The Morgan fingerprint density at radius 2 is 1.94 bits per heavy atom. The van der Waals surface area contributed by atoms with Crippen LogP contribution >= 0.6 is 0 Å².